The summed E-state index contributed by atoms with van der Waals surface area (Å²) in [4.78, 5) is 27.4. The van der Waals surface area contributed by atoms with Gasteiger partial charge in [-0.2, -0.15) is 0 Å². The van der Waals surface area contributed by atoms with Crippen molar-refractivity contribution in [3.05, 3.63) is 62.6 Å². The first-order valence-corrected chi connectivity index (χ1v) is 11.1. The van der Waals surface area contributed by atoms with Crippen molar-refractivity contribution in [2.24, 2.45) is 0 Å². The number of nitrogens with one attached hydrogen (secondary N) is 1. The predicted octanol–water partition coefficient (Wildman–Crippen LogP) is 5.24. The number of ether oxygens (including phenoxy) is 1. The van der Waals surface area contributed by atoms with E-state index in [0.717, 1.165) is 16.7 Å². The Morgan fingerprint density at radius 3 is 2.42 bits per heavy atom. The topological polar surface area (TPSA) is 58.6 Å². The highest BCUT2D eigenvalue weighted by Gasteiger charge is 2.29. The number of aryl methyl sites for hydroxylation is 2. The van der Waals surface area contributed by atoms with E-state index in [1.54, 1.807) is 18.2 Å². The van der Waals surface area contributed by atoms with Crippen LogP contribution < -0.4 is 10.1 Å². The molecule has 0 saturated heterocycles. The Kier molecular flexibility index (Phi) is 9.20. The van der Waals surface area contributed by atoms with Gasteiger partial charge in [-0.3, -0.25) is 9.59 Å². The molecule has 7 heteroatoms. The number of hydrogen-bond acceptors (Lipinski definition) is 3. The normalized spacial score (nSPS) is 11.7. The van der Waals surface area contributed by atoms with Gasteiger partial charge < -0.3 is 15.0 Å². The van der Waals surface area contributed by atoms with E-state index in [0.29, 0.717) is 34.3 Å². The van der Waals surface area contributed by atoms with Crippen LogP contribution in [0.3, 0.4) is 0 Å². The molecule has 2 amide bonds. The molecule has 0 bridgehead atoms. The maximum atomic E-state index is 13.2. The Labute approximate surface area is 194 Å². The van der Waals surface area contributed by atoms with Crippen LogP contribution in [0.4, 0.5) is 0 Å². The van der Waals surface area contributed by atoms with Crippen molar-refractivity contribution in [1.82, 2.24) is 10.2 Å². The average molecular weight is 465 g/mol. The molecule has 31 heavy (non-hydrogen) atoms. The Balaban J connectivity index is 2.29. The van der Waals surface area contributed by atoms with E-state index >= 15 is 0 Å². The second kappa shape index (κ2) is 11.4. The maximum absolute atomic E-state index is 13.2. The molecule has 0 radical (unpaired) electrons. The highest BCUT2D eigenvalue weighted by molar-refractivity contribution is 6.35. The Hall–Kier alpha value is -2.24. The second-order valence-electron chi connectivity index (χ2n) is 7.57. The fourth-order valence-corrected chi connectivity index (χ4v) is 3.89. The zero-order chi connectivity index (χ0) is 23.1. The Morgan fingerprint density at radius 1 is 1.10 bits per heavy atom. The Bertz CT molecular complexity index is 947. The van der Waals surface area contributed by atoms with Gasteiger partial charge in [0.25, 0.3) is 5.91 Å². The summed E-state index contributed by atoms with van der Waals surface area (Å²) in [7, 11) is 0. The number of carbonyl (C=O) groups excluding carboxylic acids is 2. The number of likely N-dealkylation sites (N-methyl/N-ethyl adjacent to an activating group) is 1. The monoisotopic (exact) mass is 464 g/mol. The van der Waals surface area contributed by atoms with Crippen LogP contribution in [-0.4, -0.2) is 35.9 Å². The second-order valence-corrected chi connectivity index (χ2v) is 8.41. The minimum absolute atomic E-state index is 0.176. The summed E-state index contributed by atoms with van der Waals surface area (Å²) in [5, 5.41) is 3.77. The van der Waals surface area contributed by atoms with Crippen LogP contribution in [0.15, 0.2) is 30.3 Å². The number of benzene rings is 2. The first-order valence-electron chi connectivity index (χ1n) is 10.4. The van der Waals surface area contributed by atoms with Crippen molar-refractivity contribution < 1.29 is 14.3 Å². The molecule has 0 aliphatic heterocycles. The number of rotatable bonds is 9. The third-order valence-electron chi connectivity index (χ3n) is 5.21. The van der Waals surface area contributed by atoms with Gasteiger partial charge in [-0.25, -0.2) is 0 Å². The SMILES string of the molecule is CCNC(=O)[C@H](CC)N(Cc1ccc(Cl)cc1Cl)C(=O)COc1cc(C)cc(C)c1C. The molecule has 1 atom stereocenters. The summed E-state index contributed by atoms with van der Waals surface area (Å²) in [5.41, 5.74) is 3.86. The summed E-state index contributed by atoms with van der Waals surface area (Å²) >= 11 is 12.3. The summed E-state index contributed by atoms with van der Waals surface area (Å²) in [6, 6.07) is 8.46. The van der Waals surface area contributed by atoms with Crippen molar-refractivity contribution in [2.75, 3.05) is 13.2 Å². The van der Waals surface area contributed by atoms with Crippen LogP contribution >= 0.6 is 23.2 Å². The average Bonchev–Trinajstić information content (AvgIpc) is 2.71. The molecule has 1 N–H and O–H groups in total. The number of nitrogens with zero attached hydrogens (tertiary/aromatic N) is 1. The lowest BCUT2D eigenvalue weighted by molar-refractivity contribution is -0.142. The molecule has 2 aromatic carbocycles. The van der Waals surface area contributed by atoms with Gasteiger partial charge in [-0.1, -0.05) is 42.3 Å². The van der Waals surface area contributed by atoms with Crippen molar-refractivity contribution in [3.8, 4) is 5.75 Å². The molecule has 0 aromatic heterocycles. The van der Waals surface area contributed by atoms with Gasteiger partial charge >= 0.3 is 0 Å². The van der Waals surface area contributed by atoms with Crippen LogP contribution in [0.5, 0.6) is 5.75 Å². The van der Waals surface area contributed by atoms with E-state index in [-0.39, 0.29) is 25.0 Å². The van der Waals surface area contributed by atoms with Crippen molar-refractivity contribution in [2.45, 2.75) is 53.6 Å². The molecule has 0 aliphatic rings. The molecule has 0 unspecified atom stereocenters. The van der Waals surface area contributed by atoms with E-state index in [4.69, 9.17) is 27.9 Å². The van der Waals surface area contributed by atoms with Gasteiger partial charge in [0.2, 0.25) is 5.91 Å². The standard InChI is InChI=1S/C24H30Cl2N2O3/c1-6-21(24(30)27-7-2)28(13-18-8-9-19(25)12-20(18)26)23(29)14-31-22-11-15(3)10-16(4)17(22)5/h8-12,21H,6-7,13-14H2,1-5H3,(H,27,30)/t21-/m0/s1. The lowest BCUT2D eigenvalue weighted by atomic mass is 10.1. The zero-order valence-electron chi connectivity index (χ0n) is 18.7. The lowest BCUT2D eigenvalue weighted by Crippen LogP contribution is -2.50. The molecule has 0 spiro atoms. The van der Waals surface area contributed by atoms with Crippen LogP contribution in [0.2, 0.25) is 10.0 Å². The Morgan fingerprint density at radius 2 is 1.81 bits per heavy atom. The van der Waals surface area contributed by atoms with Crippen molar-refractivity contribution in [3.63, 3.8) is 0 Å². The number of halogens is 2. The summed E-state index contributed by atoms with van der Waals surface area (Å²) in [5.74, 6) is 0.176. The summed E-state index contributed by atoms with van der Waals surface area (Å²) < 4.78 is 5.89. The first kappa shape index (κ1) is 25.0. The molecule has 0 fully saturated rings. The smallest absolute Gasteiger partial charge is 0.261 e. The molecule has 0 aliphatic carbocycles. The molecule has 2 rings (SSSR count). The zero-order valence-corrected chi connectivity index (χ0v) is 20.2. The lowest BCUT2D eigenvalue weighted by Gasteiger charge is -2.31. The molecular weight excluding hydrogens is 435 g/mol. The van der Waals surface area contributed by atoms with Gasteiger partial charge in [0, 0.05) is 23.1 Å². The number of hydrogen-bond donors (Lipinski definition) is 1. The molecule has 5 nitrogen and oxygen atoms in total. The van der Waals surface area contributed by atoms with E-state index in [2.05, 4.69) is 11.4 Å². The van der Waals surface area contributed by atoms with Crippen LogP contribution in [-0.2, 0) is 16.1 Å². The van der Waals surface area contributed by atoms with Gasteiger partial charge in [0.1, 0.15) is 11.8 Å². The van der Waals surface area contributed by atoms with E-state index < -0.39 is 6.04 Å². The van der Waals surface area contributed by atoms with Crippen molar-refractivity contribution >= 4 is 35.0 Å². The minimum atomic E-state index is -0.636. The quantitative estimate of drug-likeness (QED) is 0.551. The highest BCUT2D eigenvalue weighted by Crippen LogP contribution is 2.25. The minimum Gasteiger partial charge on any atom is -0.483 e. The molecule has 0 saturated carbocycles. The summed E-state index contributed by atoms with van der Waals surface area (Å²) in [6.07, 6.45) is 0.464. The first-order chi connectivity index (χ1) is 14.7. The van der Waals surface area contributed by atoms with Gasteiger partial charge in [-0.15, -0.1) is 0 Å². The largest absolute Gasteiger partial charge is 0.483 e. The number of amides is 2. The van der Waals surface area contributed by atoms with E-state index in [1.807, 2.05) is 40.7 Å². The highest BCUT2D eigenvalue weighted by atomic mass is 35.5. The molecular formula is C24H30Cl2N2O3. The predicted molar refractivity (Wildman–Crippen MR) is 126 cm³/mol. The number of carbonyl (C=O) groups is 2. The van der Waals surface area contributed by atoms with Gasteiger partial charge in [0.15, 0.2) is 6.61 Å². The fourth-order valence-electron chi connectivity index (χ4n) is 3.42. The van der Waals surface area contributed by atoms with Crippen LogP contribution in [0, 0.1) is 20.8 Å². The van der Waals surface area contributed by atoms with Crippen molar-refractivity contribution in [1.29, 1.82) is 0 Å². The van der Waals surface area contributed by atoms with E-state index in [9.17, 15) is 9.59 Å². The maximum Gasteiger partial charge on any atom is 0.261 e. The van der Waals surface area contributed by atoms with Crippen LogP contribution in [0.1, 0.15) is 42.5 Å². The summed E-state index contributed by atoms with van der Waals surface area (Å²) in [6.45, 7) is 10.2. The van der Waals surface area contributed by atoms with Gasteiger partial charge in [-0.05, 0) is 74.6 Å². The third-order valence-corrected chi connectivity index (χ3v) is 5.79. The molecule has 168 valence electrons. The third kappa shape index (κ3) is 6.62. The van der Waals surface area contributed by atoms with Crippen LogP contribution in [0.25, 0.3) is 0 Å². The fraction of sp³-hybridized carbons (Fsp3) is 0.417. The van der Waals surface area contributed by atoms with Gasteiger partial charge in [0.05, 0.1) is 0 Å². The molecule has 0 heterocycles. The van der Waals surface area contributed by atoms with E-state index in [1.165, 1.54) is 4.90 Å². The molecule has 2 aromatic rings.